The standard InChI is InChI=1S/C12H12ClN3O3S/c13-10-3-5-11(6-4-10)20(18,19)15-8-9-16-12(17)2-1-7-14-16/h1-7,15H,8-9H2. The maximum atomic E-state index is 12.0. The third-order valence-corrected chi connectivity index (χ3v) is 4.25. The van der Waals surface area contributed by atoms with Crippen LogP contribution < -0.4 is 10.3 Å². The highest BCUT2D eigenvalue weighted by Gasteiger charge is 2.13. The number of rotatable bonds is 5. The Morgan fingerprint density at radius 3 is 2.55 bits per heavy atom. The predicted molar refractivity (Wildman–Crippen MR) is 75.1 cm³/mol. The van der Waals surface area contributed by atoms with Crippen LogP contribution in [0.15, 0.2) is 52.3 Å². The maximum absolute atomic E-state index is 12.0. The Kier molecular flexibility index (Phi) is 4.53. The fourth-order valence-corrected chi connectivity index (χ4v) is 2.69. The summed E-state index contributed by atoms with van der Waals surface area (Å²) < 4.78 is 27.5. The third kappa shape index (κ3) is 3.66. The van der Waals surface area contributed by atoms with Crippen LogP contribution in [0.25, 0.3) is 0 Å². The topological polar surface area (TPSA) is 81.1 Å². The summed E-state index contributed by atoms with van der Waals surface area (Å²) in [6.45, 7) is 0.231. The van der Waals surface area contributed by atoms with Crippen molar-refractivity contribution in [1.29, 1.82) is 0 Å². The van der Waals surface area contributed by atoms with Crippen molar-refractivity contribution in [2.75, 3.05) is 6.54 Å². The van der Waals surface area contributed by atoms with Gasteiger partial charge < -0.3 is 0 Å². The number of sulfonamides is 1. The number of hydrogen-bond donors (Lipinski definition) is 1. The quantitative estimate of drug-likeness (QED) is 0.888. The largest absolute Gasteiger partial charge is 0.268 e. The van der Waals surface area contributed by atoms with Crippen LogP contribution in [-0.4, -0.2) is 24.7 Å². The molecule has 0 saturated heterocycles. The van der Waals surface area contributed by atoms with E-state index in [2.05, 4.69) is 9.82 Å². The summed E-state index contributed by atoms with van der Waals surface area (Å²) in [5, 5.41) is 4.30. The minimum Gasteiger partial charge on any atom is -0.268 e. The van der Waals surface area contributed by atoms with Crippen LogP contribution in [0.4, 0.5) is 0 Å². The molecule has 0 spiro atoms. The normalized spacial score (nSPS) is 11.4. The van der Waals surface area contributed by atoms with Crippen molar-refractivity contribution in [2.45, 2.75) is 11.4 Å². The molecule has 1 N–H and O–H groups in total. The Labute approximate surface area is 121 Å². The summed E-state index contributed by atoms with van der Waals surface area (Å²) in [7, 11) is -3.61. The van der Waals surface area contributed by atoms with E-state index in [9.17, 15) is 13.2 Å². The molecular formula is C12H12ClN3O3S. The molecule has 1 aromatic heterocycles. The molecule has 106 valence electrons. The fourth-order valence-electron chi connectivity index (χ4n) is 1.54. The van der Waals surface area contributed by atoms with E-state index >= 15 is 0 Å². The lowest BCUT2D eigenvalue weighted by Crippen LogP contribution is -2.31. The van der Waals surface area contributed by atoms with Gasteiger partial charge in [0, 0.05) is 23.8 Å². The van der Waals surface area contributed by atoms with Crippen molar-refractivity contribution in [3.8, 4) is 0 Å². The van der Waals surface area contributed by atoms with Gasteiger partial charge in [-0.1, -0.05) is 11.6 Å². The molecule has 0 atom stereocenters. The molecule has 0 radical (unpaired) electrons. The molecule has 8 heteroatoms. The van der Waals surface area contributed by atoms with Crippen LogP contribution in [0.3, 0.4) is 0 Å². The van der Waals surface area contributed by atoms with Crippen LogP contribution in [0.5, 0.6) is 0 Å². The van der Waals surface area contributed by atoms with Crippen molar-refractivity contribution < 1.29 is 8.42 Å². The number of nitrogens with one attached hydrogen (secondary N) is 1. The molecule has 2 aromatic rings. The lowest BCUT2D eigenvalue weighted by molar-refractivity contribution is 0.547. The summed E-state index contributed by atoms with van der Waals surface area (Å²) >= 11 is 5.70. The first-order valence-corrected chi connectivity index (χ1v) is 7.62. The molecule has 0 aliphatic rings. The fraction of sp³-hybridized carbons (Fsp3) is 0.167. The smallest absolute Gasteiger partial charge is 0.266 e. The van der Waals surface area contributed by atoms with Crippen molar-refractivity contribution in [3.63, 3.8) is 0 Å². The Morgan fingerprint density at radius 2 is 1.90 bits per heavy atom. The molecule has 2 rings (SSSR count). The zero-order chi connectivity index (χ0) is 14.6. The lowest BCUT2D eigenvalue weighted by Gasteiger charge is -2.07. The molecular weight excluding hydrogens is 302 g/mol. The second-order valence-corrected chi connectivity index (χ2v) is 6.14. The highest BCUT2D eigenvalue weighted by atomic mass is 35.5. The molecule has 0 fully saturated rings. The second-order valence-electron chi connectivity index (χ2n) is 3.94. The van der Waals surface area contributed by atoms with Gasteiger partial charge in [-0.2, -0.15) is 5.10 Å². The van der Waals surface area contributed by atoms with Crippen LogP contribution >= 0.6 is 11.6 Å². The number of benzene rings is 1. The van der Waals surface area contributed by atoms with Gasteiger partial charge in [0.15, 0.2) is 0 Å². The number of nitrogens with zero attached hydrogens (tertiary/aromatic N) is 2. The maximum Gasteiger partial charge on any atom is 0.266 e. The van der Waals surface area contributed by atoms with Gasteiger partial charge in [0.25, 0.3) is 5.56 Å². The van der Waals surface area contributed by atoms with Crippen molar-refractivity contribution in [1.82, 2.24) is 14.5 Å². The van der Waals surface area contributed by atoms with E-state index in [4.69, 9.17) is 11.6 Å². The molecule has 0 aliphatic carbocycles. The molecule has 0 amide bonds. The van der Waals surface area contributed by atoms with Crippen molar-refractivity contribution in [2.24, 2.45) is 0 Å². The van der Waals surface area contributed by atoms with Crippen molar-refractivity contribution >= 4 is 21.6 Å². The summed E-state index contributed by atoms with van der Waals surface area (Å²) in [4.78, 5) is 11.5. The Bertz CT molecular complexity index is 741. The summed E-state index contributed by atoms with van der Waals surface area (Å²) in [5.74, 6) is 0. The van der Waals surface area contributed by atoms with Gasteiger partial charge in [0.2, 0.25) is 10.0 Å². The minimum absolute atomic E-state index is 0.0713. The predicted octanol–water partition coefficient (Wildman–Crippen LogP) is 0.875. The summed E-state index contributed by atoms with van der Waals surface area (Å²) in [6.07, 6.45) is 1.47. The Hall–Kier alpha value is -1.70. The first-order valence-electron chi connectivity index (χ1n) is 5.76. The van der Waals surface area contributed by atoms with Gasteiger partial charge in [-0.05, 0) is 30.3 Å². The second kappa shape index (κ2) is 6.17. The summed E-state index contributed by atoms with van der Waals surface area (Å²) in [6, 6.07) is 8.71. The highest BCUT2D eigenvalue weighted by molar-refractivity contribution is 7.89. The average molecular weight is 314 g/mol. The summed E-state index contributed by atoms with van der Waals surface area (Å²) in [5.41, 5.74) is -0.279. The number of halogens is 1. The molecule has 0 saturated carbocycles. The average Bonchev–Trinajstić information content (AvgIpc) is 2.41. The van der Waals surface area contributed by atoms with Gasteiger partial charge in [0.05, 0.1) is 11.4 Å². The zero-order valence-corrected chi connectivity index (χ0v) is 11.9. The number of hydrogen-bond acceptors (Lipinski definition) is 4. The van der Waals surface area contributed by atoms with E-state index in [1.807, 2.05) is 0 Å². The molecule has 6 nitrogen and oxygen atoms in total. The molecule has 0 unspecified atom stereocenters. The van der Waals surface area contributed by atoms with Gasteiger partial charge in [-0.3, -0.25) is 4.79 Å². The Balaban J connectivity index is 2.02. The zero-order valence-electron chi connectivity index (χ0n) is 10.4. The van der Waals surface area contributed by atoms with Crippen LogP contribution in [-0.2, 0) is 16.6 Å². The van der Waals surface area contributed by atoms with E-state index in [-0.39, 0.29) is 23.5 Å². The van der Waals surface area contributed by atoms with Gasteiger partial charge in [-0.15, -0.1) is 0 Å². The van der Waals surface area contributed by atoms with E-state index in [1.165, 1.54) is 47.3 Å². The Morgan fingerprint density at radius 1 is 1.20 bits per heavy atom. The molecule has 0 bridgehead atoms. The first-order chi connectivity index (χ1) is 9.49. The molecule has 20 heavy (non-hydrogen) atoms. The monoisotopic (exact) mass is 313 g/mol. The minimum atomic E-state index is -3.61. The highest BCUT2D eigenvalue weighted by Crippen LogP contribution is 2.13. The van der Waals surface area contributed by atoms with Crippen molar-refractivity contribution in [3.05, 3.63) is 58.0 Å². The van der Waals surface area contributed by atoms with Crippen LogP contribution in [0, 0.1) is 0 Å². The van der Waals surface area contributed by atoms with Crippen LogP contribution in [0.2, 0.25) is 5.02 Å². The van der Waals surface area contributed by atoms with Gasteiger partial charge in [0.1, 0.15) is 0 Å². The van der Waals surface area contributed by atoms with E-state index in [0.29, 0.717) is 5.02 Å². The number of aromatic nitrogens is 2. The van der Waals surface area contributed by atoms with E-state index in [0.717, 1.165) is 0 Å². The molecule has 1 aromatic carbocycles. The molecule has 1 heterocycles. The van der Waals surface area contributed by atoms with Gasteiger partial charge >= 0.3 is 0 Å². The third-order valence-electron chi connectivity index (χ3n) is 2.52. The molecule has 0 aliphatic heterocycles. The van der Waals surface area contributed by atoms with Gasteiger partial charge in [-0.25, -0.2) is 17.8 Å². The first kappa shape index (κ1) is 14.7. The van der Waals surface area contributed by atoms with E-state index in [1.54, 1.807) is 0 Å². The van der Waals surface area contributed by atoms with E-state index < -0.39 is 10.0 Å². The lowest BCUT2D eigenvalue weighted by atomic mass is 10.4. The SMILES string of the molecule is O=c1cccnn1CCNS(=O)(=O)c1ccc(Cl)cc1. The van der Waals surface area contributed by atoms with Crippen LogP contribution in [0.1, 0.15) is 0 Å².